The zero-order chi connectivity index (χ0) is 8.44. The molecule has 0 N–H and O–H groups in total. The molecule has 0 amide bonds. The van der Waals surface area contributed by atoms with E-state index in [0.29, 0.717) is 11.8 Å². The van der Waals surface area contributed by atoms with Crippen molar-refractivity contribution in [1.29, 1.82) is 5.26 Å². The van der Waals surface area contributed by atoms with E-state index in [1.807, 2.05) is 12.1 Å². The summed E-state index contributed by atoms with van der Waals surface area (Å²) in [4.78, 5) is 0. The van der Waals surface area contributed by atoms with E-state index in [1.165, 1.54) is 12.8 Å². The Bertz CT molecular complexity index is 288. The molecule has 1 fully saturated rings. The highest BCUT2D eigenvalue weighted by Gasteiger charge is 2.42. The minimum atomic E-state index is 0.327. The molecule has 1 heterocycles. The summed E-state index contributed by atoms with van der Waals surface area (Å²) in [7, 11) is 0. The predicted molar refractivity (Wildman–Crippen MR) is 46.3 cm³/mol. The summed E-state index contributed by atoms with van der Waals surface area (Å²) < 4.78 is 2.17. The Morgan fingerprint density at radius 1 is 1.33 bits per heavy atom. The van der Waals surface area contributed by atoms with Gasteiger partial charge in [-0.05, 0) is 25.0 Å². The number of hydrogen-bond donors (Lipinski definition) is 0. The minimum Gasteiger partial charge on any atom is -0.354 e. The van der Waals surface area contributed by atoms with Crippen molar-refractivity contribution in [3.8, 4) is 6.07 Å². The van der Waals surface area contributed by atoms with Gasteiger partial charge in [0.25, 0.3) is 0 Å². The van der Waals surface area contributed by atoms with Crippen LogP contribution in [0.3, 0.4) is 0 Å². The van der Waals surface area contributed by atoms with Crippen molar-refractivity contribution in [2.45, 2.75) is 25.8 Å². The highest BCUT2D eigenvalue weighted by Crippen LogP contribution is 2.49. The molecule has 2 nitrogen and oxygen atoms in total. The molecule has 2 rings (SSSR count). The van der Waals surface area contributed by atoms with Crippen LogP contribution in [0, 0.1) is 16.7 Å². The van der Waals surface area contributed by atoms with Crippen molar-refractivity contribution in [3.05, 3.63) is 24.5 Å². The fourth-order valence-electron chi connectivity index (χ4n) is 1.60. The van der Waals surface area contributed by atoms with Crippen LogP contribution in [-0.2, 0) is 6.54 Å². The van der Waals surface area contributed by atoms with Gasteiger partial charge in [-0.1, -0.05) is 0 Å². The zero-order valence-electron chi connectivity index (χ0n) is 7.03. The second-order valence-electron chi connectivity index (χ2n) is 3.69. The highest BCUT2D eigenvalue weighted by atomic mass is 15.0. The van der Waals surface area contributed by atoms with Crippen molar-refractivity contribution in [1.82, 2.24) is 4.57 Å². The molecule has 2 heteroatoms. The molecule has 1 aromatic heterocycles. The maximum Gasteiger partial charge on any atom is 0.0628 e. The van der Waals surface area contributed by atoms with Gasteiger partial charge in [-0.2, -0.15) is 5.26 Å². The number of nitrogens with zero attached hydrogens (tertiary/aromatic N) is 2. The van der Waals surface area contributed by atoms with Crippen molar-refractivity contribution < 1.29 is 0 Å². The van der Waals surface area contributed by atoms with Crippen LogP contribution >= 0.6 is 0 Å². The van der Waals surface area contributed by atoms with Crippen LogP contribution in [0.15, 0.2) is 24.5 Å². The lowest BCUT2D eigenvalue weighted by atomic mass is 10.0. The molecule has 0 radical (unpaired) electrons. The molecule has 0 aromatic carbocycles. The number of nitriles is 1. The van der Waals surface area contributed by atoms with Crippen LogP contribution in [0.5, 0.6) is 0 Å². The second-order valence-corrected chi connectivity index (χ2v) is 3.69. The lowest BCUT2D eigenvalue weighted by Crippen LogP contribution is -2.09. The molecule has 0 saturated heterocycles. The Balaban J connectivity index is 2.00. The number of rotatable bonds is 3. The fourth-order valence-corrected chi connectivity index (χ4v) is 1.60. The van der Waals surface area contributed by atoms with E-state index in [0.717, 1.165) is 6.54 Å². The molecule has 62 valence electrons. The van der Waals surface area contributed by atoms with Gasteiger partial charge in [0.2, 0.25) is 0 Å². The van der Waals surface area contributed by atoms with Gasteiger partial charge in [-0.15, -0.1) is 0 Å². The standard InChI is InChI=1S/C10H12N2/c11-6-5-10(3-4-10)9-12-7-1-2-8-12/h1-2,7-8H,3-5,9H2. The van der Waals surface area contributed by atoms with Crippen molar-refractivity contribution in [2.75, 3.05) is 0 Å². The summed E-state index contributed by atoms with van der Waals surface area (Å²) in [5.74, 6) is 0. The lowest BCUT2D eigenvalue weighted by molar-refractivity contribution is 0.432. The fraction of sp³-hybridized carbons (Fsp3) is 0.500. The minimum absolute atomic E-state index is 0.327. The van der Waals surface area contributed by atoms with Gasteiger partial charge in [0.05, 0.1) is 6.07 Å². The topological polar surface area (TPSA) is 28.7 Å². The molecule has 0 bridgehead atoms. The van der Waals surface area contributed by atoms with Gasteiger partial charge in [0.15, 0.2) is 0 Å². The van der Waals surface area contributed by atoms with Crippen molar-refractivity contribution in [3.63, 3.8) is 0 Å². The molecule has 12 heavy (non-hydrogen) atoms. The second kappa shape index (κ2) is 2.67. The van der Waals surface area contributed by atoms with Gasteiger partial charge in [-0.25, -0.2) is 0 Å². The highest BCUT2D eigenvalue weighted by molar-refractivity contribution is 5.01. The van der Waals surface area contributed by atoms with E-state index in [4.69, 9.17) is 5.26 Å². The van der Waals surface area contributed by atoms with Crippen LogP contribution in [0.25, 0.3) is 0 Å². The van der Waals surface area contributed by atoms with Gasteiger partial charge >= 0.3 is 0 Å². The predicted octanol–water partition coefficient (Wildman–Crippen LogP) is 2.18. The first-order valence-corrected chi connectivity index (χ1v) is 4.32. The van der Waals surface area contributed by atoms with Gasteiger partial charge in [0.1, 0.15) is 0 Å². The van der Waals surface area contributed by atoms with E-state index < -0.39 is 0 Å². The maximum absolute atomic E-state index is 8.61. The molecular weight excluding hydrogens is 148 g/mol. The molecular formula is C10H12N2. The first kappa shape index (κ1) is 7.42. The Labute approximate surface area is 72.4 Å². The molecule has 1 aliphatic carbocycles. The molecule has 1 saturated carbocycles. The first-order valence-electron chi connectivity index (χ1n) is 4.32. The van der Waals surface area contributed by atoms with Crippen LogP contribution in [0.4, 0.5) is 0 Å². The molecule has 0 aliphatic heterocycles. The Hall–Kier alpha value is -1.23. The summed E-state index contributed by atoms with van der Waals surface area (Å²) >= 11 is 0. The van der Waals surface area contributed by atoms with E-state index in [2.05, 4.69) is 23.0 Å². The van der Waals surface area contributed by atoms with Gasteiger partial charge < -0.3 is 4.57 Å². The zero-order valence-corrected chi connectivity index (χ0v) is 7.03. The Morgan fingerprint density at radius 2 is 2.00 bits per heavy atom. The molecule has 1 aromatic rings. The maximum atomic E-state index is 8.61. The summed E-state index contributed by atoms with van der Waals surface area (Å²) in [6.07, 6.45) is 7.29. The SMILES string of the molecule is N#CCC1(Cn2cccc2)CC1. The Kier molecular flexibility index (Phi) is 1.65. The summed E-state index contributed by atoms with van der Waals surface area (Å²) in [5.41, 5.74) is 0.327. The lowest BCUT2D eigenvalue weighted by Gasteiger charge is -2.11. The average molecular weight is 160 g/mol. The van der Waals surface area contributed by atoms with Crippen LogP contribution in [-0.4, -0.2) is 4.57 Å². The average Bonchev–Trinajstić information content (AvgIpc) is 2.63. The largest absolute Gasteiger partial charge is 0.354 e. The van der Waals surface area contributed by atoms with E-state index in [1.54, 1.807) is 0 Å². The van der Waals surface area contributed by atoms with Crippen LogP contribution < -0.4 is 0 Å². The Morgan fingerprint density at radius 3 is 2.50 bits per heavy atom. The third kappa shape index (κ3) is 1.35. The van der Waals surface area contributed by atoms with Crippen LogP contribution in [0.1, 0.15) is 19.3 Å². The normalized spacial score (nSPS) is 18.6. The number of aromatic nitrogens is 1. The third-order valence-electron chi connectivity index (χ3n) is 2.60. The molecule has 0 spiro atoms. The molecule has 1 aliphatic rings. The summed E-state index contributed by atoms with van der Waals surface area (Å²) in [6.45, 7) is 1.02. The quantitative estimate of drug-likeness (QED) is 0.666. The van der Waals surface area contributed by atoms with Crippen molar-refractivity contribution >= 4 is 0 Å². The van der Waals surface area contributed by atoms with Gasteiger partial charge in [-0.3, -0.25) is 0 Å². The smallest absolute Gasteiger partial charge is 0.0628 e. The first-order chi connectivity index (χ1) is 5.85. The molecule has 0 unspecified atom stereocenters. The third-order valence-corrected chi connectivity index (χ3v) is 2.60. The summed E-state index contributed by atoms with van der Waals surface area (Å²) in [6, 6.07) is 6.33. The van der Waals surface area contributed by atoms with E-state index in [9.17, 15) is 0 Å². The number of hydrogen-bond acceptors (Lipinski definition) is 1. The van der Waals surface area contributed by atoms with Crippen LogP contribution in [0.2, 0.25) is 0 Å². The summed E-state index contributed by atoms with van der Waals surface area (Å²) in [5, 5.41) is 8.61. The molecule has 0 atom stereocenters. The van der Waals surface area contributed by atoms with E-state index in [-0.39, 0.29) is 0 Å². The van der Waals surface area contributed by atoms with Crippen molar-refractivity contribution in [2.24, 2.45) is 5.41 Å². The van der Waals surface area contributed by atoms with Gasteiger partial charge in [0, 0.05) is 30.8 Å². The monoisotopic (exact) mass is 160 g/mol. The van der Waals surface area contributed by atoms with E-state index >= 15 is 0 Å².